The van der Waals surface area contributed by atoms with Gasteiger partial charge in [0.15, 0.2) is 0 Å². The number of hydrogen-bond acceptors (Lipinski definition) is 6. The minimum Gasteiger partial charge on any atom is -0.390 e. The Morgan fingerprint density at radius 1 is 0.792 bits per heavy atom. The number of aliphatic hydroxyl groups excluding tert-OH is 2. The predicted molar refractivity (Wildman–Crippen MR) is 96.1 cm³/mol. The minimum absolute atomic E-state index is 0.0413. The monoisotopic (exact) mass is 369 g/mol. The maximum atomic E-state index is 10.3. The summed E-state index contributed by atoms with van der Waals surface area (Å²) in [6.07, 6.45) is -0.675. The molecule has 146 valence electrons. The van der Waals surface area contributed by atoms with Crippen LogP contribution in [-0.4, -0.2) is 134 Å². The fraction of sp³-hybridized carbons (Fsp3) is 1.00. The second kappa shape index (κ2) is 9.55. The molecule has 0 bridgehead atoms. The van der Waals surface area contributed by atoms with E-state index in [0.29, 0.717) is 48.1 Å². The van der Waals surface area contributed by atoms with Gasteiger partial charge in [0.2, 0.25) is 0 Å². The molecule has 0 aromatic rings. The number of nitrogens with zero attached hydrogens (tertiary/aromatic N) is 3. The highest BCUT2D eigenvalue weighted by Crippen LogP contribution is 2.07. The fourth-order valence-corrected chi connectivity index (χ4v) is 3.41. The number of hydrogen-bond donors (Lipinski definition) is 5. The quantitative estimate of drug-likeness (QED) is 0.196. The van der Waals surface area contributed by atoms with E-state index < -0.39 is 21.0 Å². The van der Waals surface area contributed by atoms with Crippen molar-refractivity contribution >= 4 is 8.80 Å². The van der Waals surface area contributed by atoms with Crippen LogP contribution in [0.4, 0.5) is 0 Å². The van der Waals surface area contributed by atoms with Crippen LogP contribution in [0.5, 0.6) is 0 Å². The zero-order chi connectivity index (χ0) is 19.2. The van der Waals surface area contributed by atoms with Crippen molar-refractivity contribution in [1.82, 2.24) is 4.90 Å². The third-order valence-electron chi connectivity index (χ3n) is 3.44. The van der Waals surface area contributed by atoms with Gasteiger partial charge in [0.25, 0.3) is 0 Å². The van der Waals surface area contributed by atoms with Crippen LogP contribution in [0.3, 0.4) is 0 Å². The van der Waals surface area contributed by atoms with Crippen molar-refractivity contribution in [3.8, 4) is 0 Å². The maximum Gasteiger partial charge on any atom is 0.492 e. The van der Waals surface area contributed by atoms with Crippen molar-refractivity contribution in [2.45, 2.75) is 24.7 Å². The molecule has 0 saturated carbocycles. The first-order chi connectivity index (χ1) is 10.6. The van der Waals surface area contributed by atoms with Crippen molar-refractivity contribution in [3.63, 3.8) is 0 Å². The molecule has 0 rings (SSSR count). The van der Waals surface area contributed by atoms with Gasteiger partial charge in [0.1, 0.15) is 25.3 Å². The summed E-state index contributed by atoms with van der Waals surface area (Å²) in [5.41, 5.74) is 0. The molecule has 0 aromatic heterocycles. The van der Waals surface area contributed by atoms with Gasteiger partial charge in [-0.05, 0) is 13.0 Å². The molecule has 0 aromatic carbocycles. The van der Waals surface area contributed by atoms with Crippen LogP contribution in [0, 0.1) is 0 Å². The Kier molecular flexibility index (Phi) is 9.51. The van der Waals surface area contributed by atoms with E-state index in [1.165, 1.54) is 0 Å². The van der Waals surface area contributed by atoms with E-state index in [0.717, 1.165) is 0 Å². The molecule has 0 spiro atoms. The molecule has 0 heterocycles. The molecule has 24 heavy (non-hydrogen) atoms. The molecule has 0 aliphatic heterocycles. The smallest absolute Gasteiger partial charge is 0.390 e. The van der Waals surface area contributed by atoms with Gasteiger partial charge in [-0.3, -0.25) is 4.90 Å². The average molecular weight is 370 g/mol. The summed E-state index contributed by atoms with van der Waals surface area (Å²) >= 11 is 0. The highest BCUT2D eigenvalue weighted by atomic mass is 28.4. The Morgan fingerprint density at radius 3 is 1.46 bits per heavy atom. The molecule has 5 N–H and O–H groups in total. The molecule has 8 nitrogen and oxygen atoms in total. The van der Waals surface area contributed by atoms with Gasteiger partial charge in [-0.1, -0.05) is 0 Å². The first kappa shape index (κ1) is 23.9. The van der Waals surface area contributed by atoms with Crippen molar-refractivity contribution in [2.24, 2.45) is 0 Å². The Bertz CT molecular complexity index is 328. The first-order valence-corrected chi connectivity index (χ1v) is 10.5. The highest BCUT2D eigenvalue weighted by molar-refractivity contribution is 6.56. The lowest BCUT2D eigenvalue weighted by Crippen LogP contribution is -2.50. The van der Waals surface area contributed by atoms with E-state index in [-0.39, 0.29) is 6.04 Å². The normalized spacial score (nSPS) is 16.5. The van der Waals surface area contributed by atoms with E-state index in [2.05, 4.69) is 0 Å². The topological polar surface area (TPSA) is 104 Å². The molecular weight excluding hydrogens is 330 g/mol. The molecule has 9 heteroatoms. The molecule has 0 aliphatic rings. The molecule has 0 fully saturated rings. The number of likely N-dealkylation sites (N-methyl/N-ethyl adjacent to an activating group) is 2. The molecule has 2 atom stereocenters. The van der Waals surface area contributed by atoms with Crippen LogP contribution in [0.2, 0.25) is 6.04 Å². The van der Waals surface area contributed by atoms with Gasteiger partial charge in [0.05, 0.1) is 42.3 Å². The van der Waals surface area contributed by atoms with Crippen molar-refractivity contribution in [1.29, 1.82) is 0 Å². The third-order valence-corrected chi connectivity index (χ3v) is 4.47. The van der Waals surface area contributed by atoms with Gasteiger partial charge in [-0.2, -0.15) is 0 Å². The summed E-state index contributed by atoms with van der Waals surface area (Å²) in [4.78, 5) is 29.3. The zero-order valence-electron chi connectivity index (χ0n) is 16.2. The molecule has 0 aliphatic carbocycles. The average Bonchev–Trinajstić information content (AvgIpc) is 2.20. The van der Waals surface area contributed by atoms with E-state index in [1.54, 1.807) is 0 Å². The lowest BCUT2D eigenvalue weighted by atomic mass is 10.2. The van der Waals surface area contributed by atoms with Gasteiger partial charge in [-0.25, -0.2) is 0 Å². The van der Waals surface area contributed by atoms with Crippen LogP contribution in [0.1, 0.15) is 6.42 Å². The number of rotatable bonds is 12. The Morgan fingerprint density at radius 2 is 1.17 bits per heavy atom. The Hall–Kier alpha value is -0.103. The van der Waals surface area contributed by atoms with Gasteiger partial charge in [-0.15, -0.1) is 0 Å². The van der Waals surface area contributed by atoms with Crippen molar-refractivity contribution in [3.05, 3.63) is 0 Å². The molecule has 0 amide bonds. The Labute approximate surface area is 147 Å². The van der Waals surface area contributed by atoms with Crippen LogP contribution in [0.15, 0.2) is 0 Å². The summed E-state index contributed by atoms with van der Waals surface area (Å²) in [5, 5.41) is 20.6. The van der Waals surface area contributed by atoms with Crippen LogP contribution in [-0.2, 0) is 0 Å². The van der Waals surface area contributed by atoms with E-state index in [4.69, 9.17) is 14.4 Å². The summed E-state index contributed by atoms with van der Waals surface area (Å²) in [5.74, 6) is 0. The van der Waals surface area contributed by atoms with Crippen LogP contribution >= 0.6 is 0 Å². The summed E-state index contributed by atoms with van der Waals surface area (Å²) < 4.78 is 1.27. The largest absolute Gasteiger partial charge is 0.492 e. The molecule has 0 radical (unpaired) electrons. The molecular formula is C15H39N3O5Si+2. The van der Waals surface area contributed by atoms with E-state index in [9.17, 15) is 10.2 Å². The second-order valence-electron chi connectivity index (χ2n) is 8.89. The van der Waals surface area contributed by atoms with Crippen LogP contribution < -0.4 is 0 Å². The zero-order valence-corrected chi connectivity index (χ0v) is 17.2. The maximum absolute atomic E-state index is 10.3. The van der Waals surface area contributed by atoms with E-state index >= 15 is 0 Å². The van der Waals surface area contributed by atoms with E-state index in [1.807, 2.05) is 47.2 Å². The minimum atomic E-state index is -4.04. The lowest BCUT2D eigenvalue weighted by molar-refractivity contribution is -0.873. The van der Waals surface area contributed by atoms with Gasteiger partial charge < -0.3 is 33.6 Å². The second-order valence-corrected chi connectivity index (χ2v) is 10.9. The van der Waals surface area contributed by atoms with Crippen LogP contribution in [0.25, 0.3) is 0 Å². The fourth-order valence-electron chi connectivity index (χ4n) is 2.77. The van der Waals surface area contributed by atoms with Gasteiger partial charge >= 0.3 is 8.80 Å². The molecule has 2 unspecified atom stereocenters. The Balaban J connectivity index is 4.64. The van der Waals surface area contributed by atoms with Crippen molar-refractivity contribution in [2.75, 3.05) is 75.0 Å². The third kappa shape index (κ3) is 15.4. The lowest BCUT2D eigenvalue weighted by Gasteiger charge is -2.33. The number of quaternary nitrogens is 2. The number of aliphatic hydroxyl groups is 2. The summed E-state index contributed by atoms with van der Waals surface area (Å²) in [7, 11) is 7.98. The highest BCUT2D eigenvalue weighted by Gasteiger charge is 2.27. The summed E-state index contributed by atoms with van der Waals surface area (Å²) in [6.45, 7) is 2.46. The SMILES string of the molecule is C[N+](C)(C)CC(O)CN(CCC[Si](O)(O)O)CC(O)C[N+](C)(C)C. The standard InChI is InChI=1S/C15H39N3O5Si/c1-17(2,3)12-14(19)10-16(8-7-9-24(21,22)23)11-15(20)13-18(4,5)6/h14-15,19-23H,7-13H2,1-6H3/q+2. The van der Waals surface area contributed by atoms with Gasteiger partial charge in [0, 0.05) is 19.1 Å². The molecule has 0 saturated heterocycles. The first-order valence-electron chi connectivity index (χ1n) is 8.44. The van der Waals surface area contributed by atoms with Crippen molar-refractivity contribution < 1.29 is 33.6 Å². The predicted octanol–water partition coefficient (Wildman–Crippen LogP) is -2.27. The summed E-state index contributed by atoms with van der Waals surface area (Å²) in [6, 6.07) is -0.0413.